The molecule has 6 heteroatoms. The van der Waals surface area contributed by atoms with Crippen molar-refractivity contribution in [3.8, 4) is 11.5 Å². The van der Waals surface area contributed by atoms with Crippen molar-refractivity contribution in [2.75, 3.05) is 10.2 Å². The van der Waals surface area contributed by atoms with E-state index in [1.165, 1.54) is 0 Å². The first-order valence-corrected chi connectivity index (χ1v) is 9.30. The summed E-state index contributed by atoms with van der Waals surface area (Å²) in [5.41, 5.74) is 3.02. The molecule has 1 N–H and O–H groups in total. The number of anilines is 2. The molecule has 0 aliphatic carbocycles. The SMILES string of the molecule is C[C@@H]1C(=O)Nc2ccccc2N1C(=O)c1cc(-c2ccco2)nc2ccccc12. The van der Waals surface area contributed by atoms with E-state index >= 15 is 0 Å². The highest BCUT2D eigenvalue weighted by Crippen LogP contribution is 2.34. The van der Waals surface area contributed by atoms with Gasteiger partial charge in [-0.2, -0.15) is 0 Å². The molecule has 2 aromatic heterocycles. The molecule has 1 atom stereocenters. The lowest BCUT2D eigenvalue weighted by Gasteiger charge is -2.34. The van der Waals surface area contributed by atoms with Gasteiger partial charge in [-0.3, -0.25) is 14.5 Å². The first-order valence-electron chi connectivity index (χ1n) is 9.30. The molecule has 142 valence electrons. The fraction of sp³-hybridized carbons (Fsp3) is 0.0870. The van der Waals surface area contributed by atoms with E-state index in [0.717, 1.165) is 5.39 Å². The van der Waals surface area contributed by atoms with Gasteiger partial charge in [0.05, 0.1) is 28.7 Å². The van der Waals surface area contributed by atoms with Crippen molar-refractivity contribution in [1.82, 2.24) is 4.98 Å². The van der Waals surface area contributed by atoms with E-state index in [1.54, 1.807) is 42.4 Å². The number of fused-ring (bicyclic) bond motifs is 2. The number of hydrogen-bond acceptors (Lipinski definition) is 4. The van der Waals surface area contributed by atoms with E-state index in [-0.39, 0.29) is 11.8 Å². The summed E-state index contributed by atoms with van der Waals surface area (Å²) in [6.07, 6.45) is 1.57. The number of pyridine rings is 1. The van der Waals surface area contributed by atoms with Crippen molar-refractivity contribution in [2.24, 2.45) is 0 Å². The van der Waals surface area contributed by atoms with E-state index in [0.29, 0.717) is 33.9 Å². The average Bonchev–Trinajstić information content (AvgIpc) is 3.28. The van der Waals surface area contributed by atoms with E-state index in [9.17, 15) is 9.59 Å². The summed E-state index contributed by atoms with van der Waals surface area (Å²) in [6.45, 7) is 1.72. The zero-order chi connectivity index (χ0) is 20.0. The third-order valence-electron chi connectivity index (χ3n) is 5.13. The minimum atomic E-state index is -0.642. The lowest BCUT2D eigenvalue weighted by atomic mass is 10.0. The zero-order valence-electron chi connectivity index (χ0n) is 15.6. The summed E-state index contributed by atoms with van der Waals surface area (Å²) in [6, 6.07) is 19.4. The Balaban J connectivity index is 1.71. The van der Waals surface area contributed by atoms with Gasteiger partial charge in [-0.25, -0.2) is 4.98 Å². The van der Waals surface area contributed by atoms with Crippen LogP contribution in [0.2, 0.25) is 0 Å². The maximum atomic E-state index is 13.7. The number of para-hydroxylation sites is 3. The van der Waals surface area contributed by atoms with Crippen molar-refractivity contribution < 1.29 is 14.0 Å². The van der Waals surface area contributed by atoms with Crippen molar-refractivity contribution in [2.45, 2.75) is 13.0 Å². The molecule has 0 unspecified atom stereocenters. The number of benzene rings is 2. The van der Waals surface area contributed by atoms with Gasteiger partial charge in [0, 0.05) is 5.39 Å². The van der Waals surface area contributed by atoms with E-state index in [4.69, 9.17) is 4.42 Å². The fourth-order valence-corrected chi connectivity index (χ4v) is 3.67. The van der Waals surface area contributed by atoms with Gasteiger partial charge in [0.25, 0.3) is 5.91 Å². The molecule has 2 amide bonds. The van der Waals surface area contributed by atoms with Gasteiger partial charge in [-0.15, -0.1) is 0 Å². The highest BCUT2D eigenvalue weighted by atomic mass is 16.3. The Hall–Kier alpha value is -3.93. The second-order valence-electron chi connectivity index (χ2n) is 6.91. The minimum absolute atomic E-state index is 0.221. The molecule has 0 saturated carbocycles. The number of nitrogens with one attached hydrogen (secondary N) is 1. The molecule has 3 heterocycles. The van der Waals surface area contributed by atoms with Crippen molar-refractivity contribution >= 4 is 34.1 Å². The second-order valence-corrected chi connectivity index (χ2v) is 6.91. The van der Waals surface area contributed by atoms with Gasteiger partial charge < -0.3 is 9.73 Å². The molecule has 0 fully saturated rings. The maximum Gasteiger partial charge on any atom is 0.259 e. The van der Waals surface area contributed by atoms with Gasteiger partial charge >= 0.3 is 0 Å². The molecule has 6 nitrogen and oxygen atoms in total. The monoisotopic (exact) mass is 383 g/mol. The van der Waals surface area contributed by atoms with E-state index in [1.807, 2.05) is 42.5 Å². The molecule has 2 aromatic carbocycles. The summed E-state index contributed by atoms with van der Waals surface area (Å²) >= 11 is 0. The van der Waals surface area contributed by atoms with Crippen LogP contribution < -0.4 is 10.2 Å². The summed E-state index contributed by atoms with van der Waals surface area (Å²) in [5.74, 6) is 0.0996. The molecule has 1 aliphatic rings. The first kappa shape index (κ1) is 17.2. The van der Waals surface area contributed by atoms with Crippen LogP contribution in [-0.2, 0) is 4.79 Å². The Bertz CT molecular complexity index is 1250. The van der Waals surface area contributed by atoms with Crippen LogP contribution in [0.15, 0.2) is 77.4 Å². The number of aromatic nitrogens is 1. The summed E-state index contributed by atoms with van der Waals surface area (Å²) < 4.78 is 5.49. The molecular formula is C23H17N3O3. The quantitative estimate of drug-likeness (QED) is 0.554. The molecular weight excluding hydrogens is 366 g/mol. The van der Waals surface area contributed by atoms with Crippen LogP contribution in [0.1, 0.15) is 17.3 Å². The first-order chi connectivity index (χ1) is 14.1. The van der Waals surface area contributed by atoms with Crippen LogP contribution in [-0.4, -0.2) is 22.8 Å². The number of furan rings is 1. The minimum Gasteiger partial charge on any atom is -0.463 e. The summed E-state index contributed by atoms with van der Waals surface area (Å²) in [7, 11) is 0. The van der Waals surface area contributed by atoms with Crippen LogP contribution in [0, 0.1) is 0 Å². The van der Waals surface area contributed by atoms with Crippen LogP contribution in [0.4, 0.5) is 11.4 Å². The van der Waals surface area contributed by atoms with Crippen LogP contribution in [0.25, 0.3) is 22.4 Å². The number of carbonyl (C=O) groups is 2. The summed E-state index contributed by atoms with van der Waals surface area (Å²) in [4.78, 5) is 32.4. The third-order valence-corrected chi connectivity index (χ3v) is 5.13. The lowest BCUT2D eigenvalue weighted by molar-refractivity contribution is -0.117. The van der Waals surface area contributed by atoms with Crippen molar-refractivity contribution in [3.63, 3.8) is 0 Å². The van der Waals surface area contributed by atoms with Gasteiger partial charge in [0.2, 0.25) is 5.91 Å². The largest absolute Gasteiger partial charge is 0.463 e. The van der Waals surface area contributed by atoms with Crippen LogP contribution in [0.5, 0.6) is 0 Å². The molecule has 0 spiro atoms. The van der Waals surface area contributed by atoms with Gasteiger partial charge in [-0.05, 0) is 43.3 Å². The Morgan fingerprint density at radius 3 is 2.69 bits per heavy atom. The molecule has 1 aliphatic heterocycles. The van der Waals surface area contributed by atoms with Gasteiger partial charge in [0.1, 0.15) is 11.7 Å². The molecule has 4 aromatic rings. The molecule has 0 saturated heterocycles. The summed E-state index contributed by atoms with van der Waals surface area (Å²) in [5, 5.41) is 3.58. The standard InChI is InChI=1S/C23H17N3O3/c1-14-22(27)25-18-9-4-5-10-20(18)26(14)23(28)16-13-19(21-11-6-12-29-21)24-17-8-3-2-7-15(16)17/h2-14H,1H3,(H,25,27)/t14-/m1/s1. The highest BCUT2D eigenvalue weighted by molar-refractivity contribution is 6.20. The number of nitrogens with zero attached hydrogens (tertiary/aromatic N) is 2. The van der Waals surface area contributed by atoms with Crippen LogP contribution in [0.3, 0.4) is 0 Å². The predicted octanol–water partition coefficient (Wildman–Crippen LogP) is 4.48. The number of carbonyl (C=O) groups excluding carboxylic acids is 2. The predicted molar refractivity (Wildman–Crippen MR) is 111 cm³/mol. The highest BCUT2D eigenvalue weighted by Gasteiger charge is 2.35. The Kier molecular flexibility index (Phi) is 3.91. The maximum absolute atomic E-state index is 13.7. The lowest BCUT2D eigenvalue weighted by Crippen LogP contribution is -2.49. The average molecular weight is 383 g/mol. The Morgan fingerprint density at radius 2 is 1.86 bits per heavy atom. The van der Waals surface area contributed by atoms with E-state index < -0.39 is 6.04 Å². The van der Waals surface area contributed by atoms with Crippen molar-refractivity contribution in [1.29, 1.82) is 0 Å². The second kappa shape index (κ2) is 6.60. The fourth-order valence-electron chi connectivity index (χ4n) is 3.67. The van der Waals surface area contributed by atoms with Crippen LogP contribution >= 0.6 is 0 Å². The molecule has 0 bridgehead atoms. The Morgan fingerprint density at radius 1 is 1.07 bits per heavy atom. The van der Waals surface area contributed by atoms with Crippen molar-refractivity contribution in [3.05, 3.63) is 78.6 Å². The topological polar surface area (TPSA) is 75.4 Å². The number of amides is 2. The molecule has 0 radical (unpaired) electrons. The smallest absolute Gasteiger partial charge is 0.259 e. The normalized spacial score (nSPS) is 15.8. The van der Waals surface area contributed by atoms with E-state index in [2.05, 4.69) is 10.3 Å². The third kappa shape index (κ3) is 2.77. The number of hydrogen-bond donors (Lipinski definition) is 1. The molecule has 5 rings (SSSR count). The van der Waals surface area contributed by atoms with Gasteiger partial charge in [0.15, 0.2) is 5.76 Å². The Labute approximate surface area is 166 Å². The van der Waals surface area contributed by atoms with Gasteiger partial charge in [-0.1, -0.05) is 30.3 Å². The number of rotatable bonds is 2. The molecule has 29 heavy (non-hydrogen) atoms. The zero-order valence-corrected chi connectivity index (χ0v) is 15.6.